The second kappa shape index (κ2) is 9.57. The summed E-state index contributed by atoms with van der Waals surface area (Å²) in [6, 6.07) is 11.6. The zero-order chi connectivity index (χ0) is 19.9. The molecule has 2 aromatic heterocycles. The molecular weight excluding hydrogens is 394 g/mol. The predicted octanol–water partition coefficient (Wildman–Crippen LogP) is 3.30. The second-order valence-corrected chi connectivity index (χ2v) is 8.10. The van der Waals surface area contributed by atoms with Crippen molar-refractivity contribution >= 4 is 29.0 Å². The highest BCUT2D eigenvalue weighted by molar-refractivity contribution is 7.98. The number of rotatable bonds is 8. The number of benzene rings is 1. The number of nitrogens with zero attached hydrogens (tertiary/aromatic N) is 1. The van der Waals surface area contributed by atoms with Crippen molar-refractivity contribution in [3.63, 3.8) is 0 Å². The van der Waals surface area contributed by atoms with Crippen LogP contribution >= 0.6 is 23.1 Å². The number of methoxy groups -OCH3 is 1. The Morgan fingerprint density at radius 2 is 2.18 bits per heavy atom. The minimum atomic E-state index is -0.271. The van der Waals surface area contributed by atoms with Crippen LogP contribution in [0.2, 0.25) is 0 Å². The number of hydrogen-bond donors (Lipinski definition) is 2. The molecule has 0 fully saturated rings. The van der Waals surface area contributed by atoms with E-state index in [1.165, 1.54) is 11.8 Å². The van der Waals surface area contributed by atoms with Gasteiger partial charge in [-0.3, -0.25) is 9.59 Å². The van der Waals surface area contributed by atoms with Gasteiger partial charge in [0.1, 0.15) is 5.75 Å². The van der Waals surface area contributed by atoms with E-state index < -0.39 is 0 Å². The molecule has 8 heteroatoms. The van der Waals surface area contributed by atoms with Gasteiger partial charge >= 0.3 is 0 Å². The third kappa shape index (κ3) is 5.46. The fourth-order valence-corrected chi connectivity index (χ4v) is 4.09. The monoisotopic (exact) mass is 415 g/mol. The smallest absolute Gasteiger partial charge is 0.255 e. The lowest BCUT2D eigenvalue weighted by Gasteiger charge is -2.08. The topological polar surface area (TPSA) is 84.1 Å². The first-order valence-electron chi connectivity index (χ1n) is 8.69. The van der Waals surface area contributed by atoms with Crippen LogP contribution in [0.5, 0.6) is 5.75 Å². The van der Waals surface area contributed by atoms with Gasteiger partial charge in [0.05, 0.1) is 20.1 Å². The van der Waals surface area contributed by atoms with E-state index in [0.717, 1.165) is 16.2 Å². The van der Waals surface area contributed by atoms with E-state index in [0.29, 0.717) is 28.7 Å². The largest absolute Gasteiger partial charge is 0.497 e. The highest BCUT2D eigenvalue weighted by atomic mass is 32.2. The van der Waals surface area contributed by atoms with E-state index in [1.807, 2.05) is 41.8 Å². The molecule has 0 saturated carbocycles. The number of hydrogen-bond acceptors (Lipinski definition) is 6. The fourth-order valence-electron chi connectivity index (χ4n) is 2.60. The van der Waals surface area contributed by atoms with Crippen molar-refractivity contribution in [2.24, 2.45) is 0 Å². The molecular formula is C20H21N3O3S2. The van der Waals surface area contributed by atoms with Crippen molar-refractivity contribution < 1.29 is 9.53 Å². The number of nitrogens with one attached hydrogen (secondary N) is 2. The molecule has 0 unspecified atom stereocenters. The molecule has 3 rings (SSSR count). The molecule has 0 spiro atoms. The van der Waals surface area contributed by atoms with E-state index >= 15 is 0 Å². The maximum Gasteiger partial charge on any atom is 0.255 e. The third-order valence-electron chi connectivity index (χ3n) is 4.09. The Balaban J connectivity index is 1.61. The van der Waals surface area contributed by atoms with Crippen molar-refractivity contribution in [2.45, 2.75) is 30.8 Å². The molecule has 0 aliphatic carbocycles. The van der Waals surface area contributed by atoms with Gasteiger partial charge in [0.2, 0.25) is 5.91 Å². The van der Waals surface area contributed by atoms with E-state index in [1.54, 1.807) is 25.4 Å². The SMILES string of the molecule is COc1cccc(CSc2nc(C)c(CC(=O)NCc3cccs3)c(=O)[nH]2)c1. The minimum absolute atomic E-state index is 0.0143. The summed E-state index contributed by atoms with van der Waals surface area (Å²) in [6.07, 6.45) is 0.0143. The van der Waals surface area contributed by atoms with E-state index in [9.17, 15) is 9.59 Å². The summed E-state index contributed by atoms with van der Waals surface area (Å²) in [6.45, 7) is 2.22. The predicted molar refractivity (Wildman–Crippen MR) is 112 cm³/mol. The van der Waals surface area contributed by atoms with Crippen LogP contribution in [0.25, 0.3) is 0 Å². The molecule has 3 aromatic rings. The van der Waals surface area contributed by atoms with Crippen LogP contribution in [-0.2, 0) is 23.5 Å². The van der Waals surface area contributed by atoms with Crippen LogP contribution in [0.4, 0.5) is 0 Å². The van der Waals surface area contributed by atoms with Gasteiger partial charge in [0.25, 0.3) is 5.56 Å². The standard InChI is InChI=1S/C20H21N3O3S2/c1-13-17(10-18(24)21-11-16-7-4-8-27-16)19(25)23-20(22-13)28-12-14-5-3-6-15(9-14)26-2/h3-9H,10-12H2,1-2H3,(H,21,24)(H,22,23,25). The van der Waals surface area contributed by atoms with Gasteiger partial charge in [-0.15, -0.1) is 11.3 Å². The second-order valence-electron chi connectivity index (χ2n) is 6.11. The molecule has 0 radical (unpaired) electrons. The van der Waals surface area contributed by atoms with Gasteiger partial charge in [-0.2, -0.15) is 0 Å². The molecule has 0 atom stereocenters. The summed E-state index contributed by atoms with van der Waals surface area (Å²) in [4.78, 5) is 32.9. The Labute approximate surface area is 171 Å². The third-order valence-corrected chi connectivity index (χ3v) is 5.91. The van der Waals surface area contributed by atoms with E-state index in [4.69, 9.17) is 4.74 Å². The average molecular weight is 416 g/mol. The lowest BCUT2D eigenvalue weighted by molar-refractivity contribution is -0.120. The Morgan fingerprint density at radius 3 is 2.89 bits per heavy atom. The maximum absolute atomic E-state index is 12.4. The van der Waals surface area contributed by atoms with Crippen LogP contribution in [-0.4, -0.2) is 23.0 Å². The Hall–Kier alpha value is -2.58. The van der Waals surface area contributed by atoms with Crippen LogP contribution in [0.15, 0.2) is 51.7 Å². The first kappa shape index (κ1) is 20.2. The van der Waals surface area contributed by atoms with Crippen molar-refractivity contribution in [1.29, 1.82) is 0 Å². The molecule has 0 aliphatic heterocycles. The quantitative estimate of drug-likeness (QED) is 0.436. The summed E-state index contributed by atoms with van der Waals surface area (Å²) in [5.41, 5.74) is 1.77. The number of amides is 1. The molecule has 146 valence electrons. The normalized spacial score (nSPS) is 10.6. The van der Waals surface area contributed by atoms with Crippen LogP contribution in [0.3, 0.4) is 0 Å². The van der Waals surface area contributed by atoms with Gasteiger partial charge < -0.3 is 15.0 Å². The van der Waals surface area contributed by atoms with Gasteiger partial charge in [-0.1, -0.05) is 30.0 Å². The Bertz CT molecular complexity index is 1000. The lowest BCUT2D eigenvalue weighted by Crippen LogP contribution is -2.28. The minimum Gasteiger partial charge on any atom is -0.497 e. The summed E-state index contributed by atoms with van der Waals surface area (Å²) in [5, 5.41) is 5.33. The number of H-pyrrole nitrogens is 1. The molecule has 2 N–H and O–H groups in total. The molecule has 2 heterocycles. The summed E-state index contributed by atoms with van der Waals surface area (Å²) >= 11 is 3.02. The van der Waals surface area contributed by atoms with Crippen molar-refractivity contribution in [3.05, 3.63) is 73.8 Å². The van der Waals surface area contributed by atoms with E-state index in [-0.39, 0.29) is 17.9 Å². The number of aromatic amines is 1. The van der Waals surface area contributed by atoms with Gasteiger partial charge in [0.15, 0.2) is 5.16 Å². The molecule has 28 heavy (non-hydrogen) atoms. The van der Waals surface area contributed by atoms with E-state index in [2.05, 4.69) is 15.3 Å². The number of aryl methyl sites for hydroxylation is 1. The number of ether oxygens (including phenoxy) is 1. The number of thiophene rings is 1. The number of thioether (sulfide) groups is 1. The number of carbonyl (C=O) groups excluding carboxylic acids is 1. The summed E-state index contributed by atoms with van der Waals surface area (Å²) < 4.78 is 5.22. The maximum atomic E-state index is 12.4. The number of carbonyl (C=O) groups is 1. The van der Waals surface area contributed by atoms with Gasteiger partial charge in [0, 0.05) is 21.9 Å². The molecule has 6 nitrogen and oxygen atoms in total. The lowest BCUT2D eigenvalue weighted by atomic mass is 10.1. The Kier molecular flexibility index (Phi) is 6.89. The van der Waals surface area contributed by atoms with Crippen molar-refractivity contribution in [1.82, 2.24) is 15.3 Å². The molecule has 0 bridgehead atoms. The Morgan fingerprint density at radius 1 is 1.32 bits per heavy atom. The first-order chi connectivity index (χ1) is 13.5. The molecule has 0 aliphatic rings. The first-order valence-corrected chi connectivity index (χ1v) is 10.6. The number of aromatic nitrogens is 2. The van der Waals surface area contributed by atoms with Gasteiger partial charge in [-0.05, 0) is 36.1 Å². The molecule has 1 amide bonds. The average Bonchev–Trinajstić information content (AvgIpc) is 3.21. The van der Waals surface area contributed by atoms with Gasteiger partial charge in [-0.25, -0.2) is 4.98 Å². The zero-order valence-electron chi connectivity index (χ0n) is 15.7. The molecule has 1 aromatic carbocycles. The van der Waals surface area contributed by atoms with Crippen LogP contribution in [0.1, 0.15) is 21.7 Å². The molecule has 0 saturated heterocycles. The van der Waals surface area contributed by atoms with Crippen molar-refractivity contribution in [3.8, 4) is 5.75 Å². The summed E-state index contributed by atoms with van der Waals surface area (Å²) in [7, 11) is 1.63. The van der Waals surface area contributed by atoms with Crippen molar-refractivity contribution in [2.75, 3.05) is 7.11 Å². The van der Waals surface area contributed by atoms with Crippen LogP contribution in [0, 0.1) is 6.92 Å². The highest BCUT2D eigenvalue weighted by Crippen LogP contribution is 2.22. The zero-order valence-corrected chi connectivity index (χ0v) is 17.3. The fraction of sp³-hybridized carbons (Fsp3) is 0.250. The van der Waals surface area contributed by atoms with Crippen LogP contribution < -0.4 is 15.6 Å². The highest BCUT2D eigenvalue weighted by Gasteiger charge is 2.13. The summed E-state index contributed by atoms with van der Waals surface area (Å²) in [5.74, 6) is 1.25.